The number of ether oxygens (including phenoxy) is 4. The van der Waals surface area contributed by atoms with Crippen molar-refractivity contribution in [1.82, 2.24) is 4.98 Å². The lowest BCUT2D eigenvalue weighted by atomic mass is 10.5. The minimum Gasteiger partial charge on any atom is -0.475 e. The Balaban J connectivity index is 1.92. The van der Waals surface area contributed by atoms with Gasteiger partial charge in [-0.2, -0.15) is 9.37 Å². The number of hydrogen-bond acceptors (Lipinski definition) is 5. The van der Waals surface area contributed by atoms with Gasteiger partial charge in [0.2, 0.25) is 11.8 Å². The molecule has 0 atom stereocenters. The van der Waals surface area contributed by atoms with E-state index in [9.17, 15) is 4.39 Å². The molecule has 1 heterocycles. The van der Waals surface area contributed by atoms with E-state index < -0.39 is 5.95 Å². The van der Waals surface area contributed by atoms with Crippen molar-refractivity contribution in [2.45, 2.75) is 0 Å². The third-order valence-electron chi connectivity index (χ3n) is 1.97. The van der Waals surface area contributed by atoms with Crippen LogP contribution in [-0.2, 0) is 14.2 Å². The lowest BCUT2D eigenvalue weighted by Gasteiger charge is -2.07. The second kappa shape index (κ2) is 9.76. The molecule has 0 bridgehead atoms. The maximum atomic E-state index is 12.7. The van der Waals surface area contributed by atoms with E-state index in [-0.39, 0.29) is 5.88 Å². The number of nitrogens with zero attached hydrogens (tertiary/aromatic N) is 1. The summed E-state index contributed by atoms with van der Waals surface area (Å²) in [6.07, 6.45) is 0. The van der Waals surface area contributed by atoms with Crippen molar-refractivity contribution >= 4 is 0 Å². The molecule has 0 N–H and O–H groups in total. The van der Waals surface area contributed by atoms with Crippen LogP contribution in [0.3, 0.4) is 0 Å². The van der Waals surface area contributed by atoms with Gasteiger partial charge < -0.3 is 18.9 Å². The largest absolute Gasteiger partial charge is 0.475 e. The normalized spacial score (nSPS) is 10.6. The summed E-state index contributed by atoms with van der Waals surface area (Å²) in [5.74, 6) is -0.296. The van der Waals surface area contributed by atoms with Crippen LogP contribution in [0, 0.1) is 5.95 Å². The number of pyridine rings is 1. The van der Waals surface area contributed by atoms with Gasteiger partial charge in [0.1, 0.15) is 6.61 Å². The van der Waals surface area contributed by atoms with E-state index in [0.717, 1.165) is 0 Å². The van der Waals surface area contributed by atoms with Gasteiger partial charge >= 0.3 is 0 Å². The van der Waals surface area contributed by atoms with E-state index >= 15 is 0 Å². The van der Waals surface area contributed by atoms with Gasteiger partial charge in [0.15, 0.2) is 0 Å². The molecule has 6 heteroatoms. The Morgan fingerprint density at radius 2 is 1.67 bits per heavy atom. The summed E-state index contributed by atoms with van der Waals surface area (Å²) >= 11 is 0. The third-order valence-corrected chi connectivity index (χ3v) is 1.97. The van der Waals surface area contributed by atoms with Crippen molar-refractivity contribution in [3.8, 4) is 5.88 Å². The summed E-state index contributed by atoms with van der Waals surface area (Å²) in [4.78, 5) is 3.56. The molecule has 0 spiro atoms. The minimum absolute atomic E-state index is 0.259. The molecule has 0 saturated carbocycles. The molecule has 0 aromatic carbocycles. The summed E-state index contributed by atoms with van der Waals surface area (Å²) in [6, 6.07) is 4.40. The molecule has 0 aliphatic heterocycles. The smallest absolute Gasteiger partial charge is 0.216 e. The van der Waals surface area contributed by atoms with Crippen molar-refractivity contribution in [2.24, 2.45) is 0 Å². The van der Waals surface area contributed by atoms with Gasteiger partial charge in [0, 0.05) is 13.2 Å². The van der Waals surface area contributed by atoms with Crippen LogP contribution in [-0.4, -0.2) is 51.7 Å². The second-order valence-electron chi connectivity index (χ2n) is 3.36. The highest BCUT2D eigenvalue weighted by atomic mass is 19.1. The Hall–Kier alpha value is -1.24. The van der Waals surface area contributed by atoms with E-state index in [2.05, 4.69) is 4.98 Å². The summed E-state index contributed by atoms with van der Waals surface area (Å²) in [5.41, 5.74) is 0. The molecule has 0 aliphatic rings. The van der Waals surface area contributed by atoms with Crippen LogP contribution >= 0.6 is 0 Å². The number of hydrogen-bond donors (Lipinski definition) is 0. The molecule has 1 aromatic rings. The fourth-order valence-electron chi connectivity index (χ4n) is 1.14. The summed E-state index contributed by atoms with van der Waals surface area (Å²) < 4.78 is 33.2. The van der Waals surface area contributed by atoms with Gasteiger partial charge in [-0.05, 0) is 6.07 Å². The fourth-order valence-corrected chi connectivity index (χ4v) is 1.14. The third kappa shape index (κ3) is 7.16. The first-order valence-corrected chi connectivity index (χ1v) is 5.72. The molecule has 0 saturated heterocycles. The SMILES string of the molecule is COCCOCCOCCOc1cccc(F)n1. The number of rotatable bonds is 10. The van der Waals surface area contributed by atoms with Gasteiger partial charge in [-0.1, -0.05) is 6.07 Å². The first-order chi connectivity index (χ1) is 8.83. The predicted molar refractivity (Wildman–Crippen MR) is 63.2 cm³/mol. The molecular formula is C12H18FNO4. The highest BCUT2D eigenvalue weighted by Crippen LogP contribution is 2.05. The van der Waals surface area contributed by atoms with Crippen LogP contribution in [0.15, 0.2) is 18.2 Å². The van der Waals surface area contributed by atoms with E-state index in [1.165, 1.54) is 6.07 Å². The van der Waals surface area contributed by atoms with Gasteiger partial charge in [-0.25, -0.2) is 0 Å². The highest BCUT2D eigenvalue weighted by Gasteiger charge is 1.97. The number of aromatic nitrogens is 1. The molecule has 0 aliphatic carbocycles. The zero-order valence-corrected chi connectivity index (χ0v) is 10.4. The lowest BCUT2D eigenvalue weighted by molar-refractivity contribution is 0.0176. The highest BCUT2D eigenvalue weighted by molar-refractivity contribution is 5.10. The minimum atomic E-state index is -0.556. The van der Waals surface area contributed by atoms with Crippen LogP contribution in [0.4, 0.5) is 4.39 Å². The first-order valence-electron chi connectivity index (χ1n) is 5.72. The summed E-state index contributed by atoms with van der Waals surface area (Å²) in [6.45, 7) is 2.88. The second-order valence-corrected chi connectivity index (χ2v) is 3.36. The molecule has 1 rings (SSSR count). The molecule has 0 unspecified atom stereocenters. The van der Waals surface area contributed by atoms with Crippen molar-refractivity contribution in [3.63, 3.8) is 0 Å². The number of halogens is 1. The fraction of sp³-hybridized carbons (Fsp3) is 0.583. The lowest BCUT2D eigenvalue weighted by Crippen LogP contribution is -2.12. The van der Waals surface area contributed by atoms with Crippen molar-refractivity contribution in [1.29, 1.82) is 0 Å². The Labute approximate surface area is 106 Å². The molecule has 102 valence electrons. The first kappa shape index (κ1) is 14.8. The summed E-state index contributed by atoms with van der Waals surface area (Å²) in [5, 5.41) is 0. The van der Waals surface area contributed by atoms with Crippen molar-refractivity contribution in [2.75, 3.05) is 46.8 Å². The van der Waals surface area contributed by atoms with Gasteiger partial charge in [0.05, 0.1) is 33.0 Å². The molecule has 0 radical (unpaired) electrons. The van der Waals surface area contributed by atoms with Crippen LogP contribution in [0.1, 0.15) is 0 Å². The molecule has 1 aromatic heterocycles. The monoisotopic (exact) mass is 259 g/mol. The van der Waals surface area contributed by atoms with E-state index in [0.29, 0.717) is 39.6 Å². The molecule has 18 heavy (non-hydrogen) atoms. The van der Waals surface area contributed by atoms with Crippen molar-refractivity contribution in [3.05, 3.63) is 24.1 Å². The maximum absolute atomic E-state index is 12.7. The van der Waals surface area contributed by atoms with Crippen LogP contribution < -0.4 is 4.74 Å². The average Bonchev–Trinajstić information content (AvgIpc) is 2.37. The Bertz CT molecular complexity index is 325. The molecule has 5 nitrogen and oxygen atoms in total. The van der Waals surface area contributed by atoms with Crippen molar-refractivity contribution < 1.29 is 23.3 Å². The standard InChI is InChI=1S/C12H18FNO4/c1-15-5-6-16-7-8-17-9-10-18-12-4-2-3-11(13)14-12/h2-4H,5-10H2,1H3. The van der Waals surface area contributed by atoms with Gasteiger partial charge in [-0.15, -0.1) is 0 Å². The molecule has 0 amide bonds. The quantitative estimate of drug-likeness (QED) is 0.468. The Morgan fingerprint density at radius 3 is 2.33 bits per heavy atom. The van der Waals surface area contributed by atoms with Crippen LogP contribution in [0.25, 0.3) is 0 Å². The zero-order valence-electron chi connectivity index (χ0n) is 10.4. The average molecular weight is 259 g/mol. The molecule has 0 fully saturated rings. The van der Waals surface area contributed by atoms with Gasteiger partial charge in [0.25, 0.3) is 0 Å². The summed E-state index contributed by atoms with van der Waals surface area (Å²) in [7, 11) is 1.62. The van der Waals surface area contributed by atoms with Crippen LogP contribution in [0.5, 0.6) is 5.88 Å². The predicted octanol–water partition coefficient (Wildman–Crippen LogP) is 1.28. The number of methoxy groups -OCH3 is 1. The van der Waals surface area contributed by atoms with Crippen LogP contribution in [0.2, 0.25) is 0 Å². The Morgan fingerprint density at radius 1 is 1.00 bits per heavy atom. The maximum Gasteiger partial charge on any atom is 0.216 e. The van der Waals surface area contributed by atoms with E-state index in [1.54, 1.807) is 19.2 Å². The van der Waals surface area contributed by atoms with Gasteiger partial charge in [-0.3, -0.25) is 0 Å². The Kier molecular flexibility index (Phi) is 8.03. The molecular weight excluding hydrogens is 241 g/mol. The van der Waals surface area contributed by atoms with E-state index in [1.807, 2.05) is 0 Å². The van der Waals surface area contributed by atoms with E-state index in [4.69, 9.17) is 18.9 Å². The topological polar surface area (TPSA) is 49.8 Å². The zero-order chi connectivity index (χ0) is 13.1.